The number of carbonyl (C=O) groups is 1. The summed E-state index contributed by atoms with van der Waals surface area (Å²) in [6.45, 7) is 3.10. The van der Waals surface area contributed by atoms with E-state index < -0.39 is 29.7 Å². The van der Waals surface area contributed by atoms with Crippen LogP contribution in [0.3, 0.4) is 0 Å². The first kappa shape index (κ1) is 25.9. The van der Waals surface area contributed by atoms with Crippen LogP contribution in [-0.2, 0) is 17.5 Å². The van der Waals surface area contributed by atoms with Crippen LogP contribution in [0, 0.1) is 17.2 Å². The van der Waals surface area contributed by atoms with Gasteiger partial charge in [0, 0.05) is 25.2 Å². The quantitative estimate of drug-likeness (QED) is 0.596. The summed E-state index contributed by atoms with van der Waals surface area (Å²) in [6, 6.07) is 2.76. The molecule has 13 heteroatoms. The number of aromatic nitrogens is 1. The Balaban J connectivity index is 0.000000406. The van der Waals surface area contributed by atoms with Crippen molar-refractivity contribution in [1.29, 1.82) is 0 Å². The third kappa shape index (κ3) is 6.06. The molecule has 1 aliphatic heterocycles. The molecule has 1 aromatic carbocycles. The van der Waals surface area contributed by atoms with E-state index in [0.717, 1.165) is 31.6 Å². The minimum atomic E-state index is -5.08. The minimum absolute atomic E-state index is 0.0593. The number of hydrogen-bond acceptors (Lipinski definition) is 5. The van der Waals surface area contributed by atoms with Gasteiger partial charge in [0.2, 0.25) is 5.89 Å². The lowest BCUT2D eigenvalue weighted by Crippen LogP contribution is -2.45. The smallest absolute Gasteiger partial charge is 0.475 e. The van der Waals surface area contributed by atoms with E-state index in [0.29, 0.717) is 24.7 Å². The van der Waals surface area contributed by atoms with Crippen molar-refractivity contribution in [2.24, 2.45) is 17.1 Å². The normalized spacial score (nSPS) is 22.9. The van der Waals surface area contributed by atoms with E-state index in [2.05, 4.69) is 9.88 Å². The topological polar surface area (TPSA) is 92.6 Å². The number of piperidine rings is 1. The van der Waals surface area contributed by atoms with E-state index in [-0.39, 0.29) is 16.9 Å². The standard InChI is InChI=1S/C19H21F4N3O.C2HF3O2/c20-16-2-1-13(5-15(16)19(21,22)23)17-25-14(9-27-17)8-26-7-12-3-4-18(6-12,10-24)11-26;3-2(4,5)1(6)7/h1-2,5,9,12H,3-4,6-8,10-11,24H2;(H,6,7). The van der Waals surface area contributed by atoms with Crippen molar-refractivity contribution >= 4 is 5.97 Å². The molecule has 188 valence electrons. The zero-order valence-electron chi connectivity index (χ0n) is 17.7. The summed E-state index contributed by atoms with van der Waals surface area (Å²) in [5.74, 6) is -3.37. The molecule has 0 spiro atoms. The summed E-state index contributed by atoms with van der Waals surface area (Å²) in [5, 5.41) is 7.12. The van der Waals surface area contributed by atoms with Crippen molar-refractivity contribution in [3.8, 4) is 11.5 Å². The number of hydrogen-bond donors (Lipinski definition) is 2. The Kier molecular flexibility index (Phi) is 7.27. The second-order valence-corrected chi connectivity index (χ2v) is 8.62. The molecule has 2 aliphatic rings. The molecule has 2 bridgehead atoms. The van der Waals surface area contributed by atoms with Gasteiger partial charge in [-0.3, -0.25) is 4.90 Å². The molecule has 0 amide bonds. The van der Waals surface area contributed by atoms with Gasteiger partial charge in [-0.2, -0.15) is 26.3 Å². The van der Waals surface area contributed by atoms with Crippen LogP contribution in [0.1, 0.15) is 30.5 Å². The van der Waals surface area contributed by atoms with E-state index in [1.165, 1.54) is 25.2 Å². The predicted octanol–water partition coefficient (Wildman–Crippen LogP) is 4.69. The maximum Gasteiger partial charge on any atom is 0.490 e. The fourth-order valence-corrected chi connectivity index (χ4v) is 4.52. The van der Waals surface area contributed by atoms with Gasteiger partial charge in [-0.25, -0.2) is 14.2 Å². The van der Waals surface area contributed by atoms with Crippen molar-refractivity contribution in [1.82, 2.24) is 9.88 Å². The summed E-state index contributed by atoms with van der Waals surface area (Å²) in [6.07, 6.45) is -4.89. The number of rotatable bonds is 4. The molecule has 4 rings (SSSR count). The Morgan fingerprint density at radius 3 is 2.53 bits per heavy atom. The van der Waals surface area contributed by atoms with E-state index in [4.69, 9.17) is 20.1 Å². The number of benzene rings is 1. The van der Waals surface area contributed by atoms with Crippen LogP contribution in [0.15, 0.2) is 28.9 Å². The summed E-state index contributed by atoms with van der Waals surface area (Å²) in [5.41, 5.74) is 5.60. The fourth-order valence-electron chi connectivity index (χ4n) is 4.52. The Labute approximate surface area is 189 Å². The lowest BCUT2D eigenvalue weighted by molar-refractivity contribution is -0.192. The average molecular weight is 497 g/mol. The molecule has 1 aromatic heterocycles. The summed E-state index contributed by atoms with van der Waals surface area (Å²) in [7, 11) is 0. The molecule has 2 fully saturated rings. The van der Waals surface area contributed by atoms with E-state index in [1.807, 2.05) is 0 Å². The monoisotopic (exact) mass is 497 g/mol. The number of carboxylic acids is 1. The van der Waals surface area contributed by atoms with Crippen LogP contribution in [0.5, 0.6) is 0 Å². The SMILES string of the molecule is NCC12CCC(CN(Cc3coc(-c4ccc(F)c(C(F)(F)F)c4)n3)C1)C2.O=C(O)C(F)(F)F. The van der Waals surface area contributed by atoms with E-state index in [9.17, 15) is 30.7 Å². The molecule has 0 radical (unpaired) electrons. The molecule has 34 heavy (non-hydrogen) atoms. The van der Waals surface area contributed by atoms with Crippen LogP contribution < -0.4 is 5.73 Å². The lowest BCUT2D eigenvalue weighted by atomic mass is 9.82. The maximum atomic E-state index is 13.5. The number of oxazole rings is 1. The second-order valence-electron chi connectivity index (χ2n) is 8.62. The predicted molar refractivity (Wildman–Crippen MR) is 105 cm³/mol. The van der Waals surface area contributed by atoms with Crippen molar-refractivity contribution in [2.45, 2.75) is 38.2 Å². The van der Waals surface area contributed by atoms with Gasteiger partial charge in [0.1, 0.15) is 12.1 Å². The summed E-state index contributed by atoms with van der Waals surface area (Å²) >= 11 is 0. The van der Waals surface area contributed by atoms with E-state index >= 15 is 0 Å². The molecule has 1 aliphatic carbocycles. The Morgan fingerprint density at radius 1 is 1.26 bits per heavy atom. The average Bonchev–Trinajstić information content (AvgIpc) is 3.31. The fraction of sp³-hybridized carbons (Fsp3) is 0.524. The second kappa shape index (κ2) is 9.53. The molecule has 2 unspecified atom stereocenters. The minimum Gasteiger partial charge on any atom is -0.475 e. The number of carboxylic acid groups (broad SMARTS) is 1. The molecule has 3 N–H and O–H groups in total. The highest BCUT2D eigenvalue weighted by atomic mass is 19.4. The van der Waals surface area contributed by atoms with Gasteiger partial charge in [0.25, 0.3) is 0 Å². The van der Waals surface area contributed by atoms with E-state index in [1.54, 1.807) is 0 Å². The lowest BCUT2D eigenvalue weighted by Gasteiger charge is -2.39. The van der Waals surface area contributed by atoms with Crippen LogP contribution in [0.2, 0.25) is 0 Å². The Morgan fingerprint density at radius 2 is 1.94 bits per heavy atom. The first-order valence-corrected chi connectivity index (χ1v) is 10.3. The van der Waals surface area contributed by atoms with Gasteiger partial charge >= 0.3 is 18.3 Å². The van der Waals surface area contributed by atoms with Gasteiger partial charge in [-0.15, -0.1) is 0 Å². The maximum absolute atomic E-state index is 13.5. The van der Waals surface area contributed by atoms with Crippen LogP contribution >= 0.6 is 0 Å². The van der Waals surface area contributed by atoms with Crippen LogP contribution in [-0.4, -0.2) is 46.8 Å². The molecular weight excluding hydrogens is 475 g/mol. The zero-order chi connectivity index (χ0) is 25.3. The third-order valence-corrected chi connectivity index (χ3v) is 6.01. The number of alkyl halides is 6. The number of aliphatic carboxylic acids is 1. The third-order valence-electron chi connectivity index (χ3n) is 6.01. The largest absolute Gasteiger partial charge is 0.490 e. The number of fused-ring (bicyclic) bond motifs is 2. The number of nitrogens with two attached hydrogens (primary N) is 1. The Bertz CT molecular complexity index is 1020. The first-order chi connectivity index (χ1) is 15.7. The molecule has 6 nitrogen and oxygen atoms in total. The Hall–Kier alpha value is -2.67. The molecular formula is C21H22F7N3O3. The van der Waals surface area contributed by atoms with Crippen molar-refractivity contribution in [3.05, 3.63) is 41.5 Å². The molecule has 2 atom stereocenters. The first-order valence-electron chi connectivity index (χ1n) is 10.3. The van der Waals surface area contributed by atoms with Crippen molar-refractivity contribution in [3.63, 3.8) is 0 Å². The number of likely N-dealkylation sites (tertiary alicyclic amines) is 1. The highest BCUT2D eigenvalue weighted by Crippen LogP contribution is 2.46. The highest BCUT2D eigenvalue weighted by molar-refractivity contribution is 5.73. The van der Waals surface area contributed by atoms with Crippen molar-refractivity contribution < 1.29 is 45.1 Å². The molecule has 2 aromatic rings. The van der Waals surface area contributed by atoms with Crippen LogP contribution in [0.25, 0.3) is 11.5 Å². The molecule has 1 saturated heterocycles. The van der Waals surface area contributed by atoms with Crippen molar-refractivity contribution in [2.75, 3.05) is 19.6 Å². The number of halogens is 7. The molecule has 1 saturated carbocycles. The van der Waals surface area contributed by atoms with Gasteiger partial charge < -0.3 is 15.3 Å². The number of nitrogens with zero attached hydrogens (tertiary/aromatic N) is 2. The van der Waals surface area contributed by atoms with Gasteiger partial charge in [-0.1, -0.05) is 0 Å². The van der Waals surface area contributed by atoms with Crippen LogP contribution in [0.4, 0.5) is 30.7 Å². The highest BCUT2D eigenvalue weighted by Gasteiger charge is 2.44. The summed E-state index contributed by atoms with van der Waals surface area (Å²) < 4.78 is 89.3. The van der Waals surface area contributed by atoms with Gasteiger partial charge in [0.05, 0.1) is 11.3 Å². The molecule has 2 heterocycles. The van der Waals surface area contributed by atoms with Gasteiger partial charge in [0.15, 0.2) is 0 Å². The zero-order valence-corrected chi connectivity index (χ0v) is 17.7. The van der Waals surface area contributed by atoms with Gasteiger partial charge in [-0.05, 0) is 55.3 Å². The summed E-state index contributed by atoms with van der Waals surface area (Å²) in [4.78, 5) is 15.5.